The number of amides is 1. The smallest absolute Gasteiger partial charge is 0.240 e. The highest BCUT2D eigenvalue weighted by Gasteiger charge is 2.31. The summed E-state index contributed by atoms with van der Waals surface area (Å²) in [6, 6.07) is 7.46. The molecule has 10 nitrogen and oxygen atoms in total. The molecule has 3 aliphatic rings. The van der Waals surface area contributed by atoms with Crippen LogP contribution in [0.25, 0.3) is 15.9 Å². The number of nitrogens with zero attached hydrogens (tertiary/aromatic N) is 7. The van der Waals surface area contributed by atoms with Crippen LogP contribution in [0.3, 0.4) is 0 Å². The summed E-state index contributed by atoms with van der Waals surface area (Å²) in [5.41, 5.74) is 1.07. The van der Waals surface area contributed by atoms with Gasteiger partial charge in [-0.2, -0.15) is 4.52 Å². The standard InChI is InChI=1S/C25H27FN8O2S2/c26-17-12-18-20(37-24(27-18)28-22(35)14-32-8-10-33(11-9-32)15-4-5-15)13-19(17)38-25-30-29-21-6-7-23(31-34(21)25)36-16-2-1-3-16/h6-7,12-13,15-16H,1-5,8-11,14H2,(H,27,28,35). The van der Waals surface area contributed by atoms with Crippen molar-refractivity contribution in [3.05, 3.63) is 30.1 Å². The van der Waals surface area contributed by atoms with Crippen molar-refractivity contribution < 1.29 is 13.9 Å². The molecule has 7 rings (SSSR count). The van der Waals surface area contributed by atoms with Crippen LogP contribution in [0.4, 0.5) is 9.52 Å². The predicted molar refractivity (Wildman–Crippen MR) is 142 cm³/mol. The van der Waals surface area contributed by atoms with Crippen molar-refractivity contribution >= 4 is 50.0 Å². The zero-order valence-electron chi connectivity index (χ0n) is 20.7. The van der Waals surface area contributed by atoms with Crippen molar-refractivity contribution in [1.29, 1.82) is 0 Å². The van der Waals surface area contributed by atoms with E-state index in [2.05, 4.69) is 35.4 Å². The third-order valence-corrected chi connectivity index (χ3v) is 9.18. The number of hydrogen-bond donors (Lipinski definition) is 1. The maximum Gasteiger partial charge on any atom is 0.240 e. The summed E-state index contributed by atoms with van der Waals surface area (Å²) in [4.78, 5) is 22.2. The molecule has 0 radical (unpaired) electrons. The van der Waals surface area contributed by atoms with Gasteiger partial charge in [0.25, 0.3) is 0 Å². The summed E-state index contributed by atoms with van der Waals surface area (Å²) in [6.07, 6.45) is 6.05. The molecule has 198 valence electrons. The summed E-state index contributed by atoms with van der Waals surface area (Å²) in [7, 11) is 0. The number of carbonyl (C=O) groups excluding carboxylic acids is 1. The molecule has 13 heteroatoms. The summed E-state index contributed by atoms with van der Waals surface area (Å²) in [6.45, 7) is 4.17. The number of ether oxygens (including phenoxy) is 1. The Morgan fingerprint density at radius 2 is 1.97 bits per heavy atom. The fraction of sp³-hybridized carbons (Fsp3) is 0.480. The minimum Gasteiger partial charge on any atom is -0.473 e. The van der Waals surface area contributed by atoms with Gasteiger partial charge in [0.2, 0.25) is 16.9 Å². The number of piperazine rings is 1. The molecule has 4 heterocycles. The number of nitrogens with one attached hydrogen (secondary N) is 1. The number of carbonyl (C=O) groups is 1. The first kappa shape index (κ1) is 24.2. The van der Waals surface area contributed by atoms with Gasteiger partial charge < -0.3 is 10.1 Å². The van der Waals surface area contributed by atoms with E-state index in [1.165, 1.54) is 36.7 Å². The van der Waals surface area contributed by atoms with Crippen LogP contribution in [0.2, 0.25) is 0 Å². The Morgan fingerprint density at radius 1 is 1.13 bits per heavy atom. The lowest BCUT2D eigenvalue weighted by atomic mass is 9.96. The topological polar surface area (TPSA) is 101 Å². The van der Waals surface area contributed by atoms with Crippen molar-refractivity contribution in [2.45, 2.75) is 54.3 Å². The Morgan fingerprint density at radius 3 is 2.74 bits per heavy atom. The first-order valence-corrected chi connectivity index (χ1v) is 14.6. The molecule has 0 bridgehead atoms. The van der Waals surface area contributed by atoms with Crippen molar-refractivity contribution in [2.24, 2.45) is 0 Å². The molecule has 1 N–H and O–H groups in total. The Kier molecular flexibility index (Phi) is 6.38. The molecule has 1 saturated heterocycles. The van der Waals surface area contributed by atoms with E-state index in [1.54, 1.807) is 22.7 Å². The number of fused-ring (bicyclic) bond motifs is 2. The minimum atomic E-state index is -0.419. The number of anilines is 1. The summed E-state index contributed by atoms with van der Waals surface area (Å²) < 4.78 is 23.3. The average Bonchev–Trinajstić information content (AvgIpc) is 3.55. The van der Waals surface area contributed by atoms with E-state index < -0.39 is 5.82 Å². The van der Waals surface area contributed by atoms with Gasteiger partial charge in [-0.1, -0.05) is 11.3 Å². The first-order chi connectivity index (χ1) is 18.6. The zero-order valence-corrected chi connectivity index (χ0v) is 22.3. The third kappa shape index (κ3) is 5.07. The Labute approximate surface area is 226 Å². The highest BCUT2D eigenvalue weighted by Crippen LogP contribution is 2.35. The van der Waals surface area contributed by atoms with Gasteiger partial charge in [-0.25, -0.2) is 9.37 Å². The minimum absolute atomic E-state index is 0.0973. The van der Waals surface area contributed by atoms with Crippen LogP contribution in [0.5, 0.6) is 5.88 Å². The van der Waals surface area contributed by atoms with Crippen LogP contribution in [-0.4, -0.2) is 85.4 Å². The van der Waals surface area contributed by atoms with Crippen LogP contribution >= 0.6 is 23.1 Å². The van der Waals surface area contributed by atoms with Gasteiger partial charge in [0, 0.05) is 44.4 Å². The number of benzene rings is 1. The van der Waals surface area contributed by atoms with Crippen molar-refractivity contribution in [3.63, 3.8) is 0 Å². The van der Waals surface area contributed by atoms with E-state index in [4.69, 9.17) is 4.74 Å². The highest BCUT2D eigenvalue weighted by molar-refractivity contribution is 7.99. The molecular weight excluding hydrogens is 527 g/mol. The molecule has 0 spiro atoms. The second-order valence-corrected chi connectivity index (χ2v) is 12.1. The molecular formula is C25H27FN8O2S2. The van der Waals surface area contributed by atoms with Gasteiger partial charge in [-0.3, -0.25) is 14.6 Å². The van der Waals surface area contributed by atoms with Gasteiger partial charge in [-0.15, -0.1) is 15.3 Å². The fourth-order valence-electron chi connectivity index (χ4n) is 4.79. The number of aromatic nitrogens is 5. The van der Waals surface area contributed by atoms with E-state index in [9.17, 15) is 4.79 Å². The van der Waals surface area contributed by atoms with Gasteiger partial charge in [0.05, 0.1) is 21.7 Å². The van der Waals surface area contributed by atoms with Crippen molar-refractivity contribution in [3.8, 4) is 5.88 Å². The highest BCUT2D eigenvalue weighted by atomic mass is 32.2. The number of hydrogen-bond acceptors (Lipinski definition) is 10. The summed E-state index contributed by atoms with van der Waals surface area (Å²) >= 11 is 2.47. The molecule has 1 amide bonds. The third-order valence-electron chi connectivity index (χ3n) is 7.28. The normalized spacial score (nSPS) is 19.2. The van der Waals surface area contributed by atoms with E-state index in [0.29, 0.717) is 38.8 Å². The van der Waals surface area contributed by atoms with Crippen molar-refractivity contribution in [2.75, 3.05) is 38.0 Å². The molecule has 1 aromatic carbocycles. The molecule has 3 aromatic heterocycles. The number of rotatable bonds is 8. The van der Waals surface area contributed by atoms with Gasteiger partial charge in [0.15, 0.2) is 10.8 Å². The largest absolute Gasteiger partial charge is 0.473 e. The molecule has 2 saturated carbocycles. The maximum atomic E-state index is 15.0. The van der Waals surface area contributed by atoms with E-state index in [-0.39, 0.29) is 12.0 Å². The Balaban J connectivity index is 1.03. The van der Waals surface area contributed by atoms with E-state index >= 15 is 4.39 Å². The molecule has 0 atom stereocenters. The molecule has 1 aliphatic heterocycles. The molecule has 2 aliphatic carbocycles. The quantitative estimate of drug-likeness (QED) is 0.350. The van der Waals surface area contributed by atoms with Gasteiger partial charge >= 0.3 is 0 Å². The molecule has 4 aromatic rings. The molecule has 3 fully saturated rings. The van der Waals surface area contributed by atoms with Crippen LogP contribution in [-0.2, 0) is 4.79 Å². The number of halogens is 1. The lowest BCUT2D eigenvalue weighted by Gasteiger charge is -2.34. The zero-order chi connectivity index (χ0) is 25.6. The summed E-state index contributed by atoms with van der Waals surface area (Å²) in [5.74, 6) is -0.00911. The van der Waals surface area contributed by atoms with Crippen LogP contribution in [0, 0.1) is 5.82 Å². The van der Waals surface area contributed by atoms with Crippen molar-refractivity contribution in [1.82, 2.24) is 34.6 Å². The monoisotopic (exact) mass is 554 g/mol. The van der Waals surface area contributed by atoms with Crippen LogP contribution in [0.1, 0.15) is 32.1 Å². The molecule has 38 heavy (non-hydrogen) atoms. The van der Waals surface area contributed by atoms with E-state index in [1.807, 2.05) is 0 Å². The maximum absolute atomic E-state index is 15.0. The second kappa shape index (κ2) is 10.0. The van der Waals surface area contributed by atoms with Crippen LogP contribution in [0.15, 0.2) is 34.3 Å². The molecule has 0 unspecified atom stereocenters. The predicted octanol–water partition coefficient (Wildman–Crippen LogP) is 3.67. The first-order valence-electron chi connectivity index (χ1n) is 13.0. The average molecular weight is 555 g/mol. The Bertz CT molecular complexity index is 1490. The van der Waals surface area contributed by atoms with E-state index in [0.717, 1.165) is 61.5 Å². The van der Waals surface area contributed by atoms with Crippen LogP contribution < -0.4 is 10.1 Å². The lowest BCUT2D eigenvalue weighted by molar-refractivity contribution is -0.117. The van der Waals surface area contributed by atoms with Gasteiger partial charge in [-0.05, 0) is 56.0 Å². The second-order valence-electron chi connectivity index (χ2n) is 10.1. The number of thiazole rings is 1. The lowest BCUT2D eigenvalue weighted by Crippen LogP contribution is -2.49. The summed E-state index contributed by atoms with van der Waals surface area (Å²) in [5, 5.41) is 16.7. The SMILES string of the molecule is O=C(CN1CCN(C2CC2)CC1)Nc1nc2cc(F)c(Sc3nnc4ccc(OC5CCC5)nn34)cc2s1. The van der Waals surface area contributed by atoms with Gasteiger partial charge in [0.1, 0.15) is 11.9 Å². The fourth-order valence-corrected chi connectivity index (χ4v) is 6.60. The Hall–Kier alpha value is -2.87.